The van der Waals surface area contributed by atoms with Gasteiger partial charge in [-0.05, 0) is 42.8 Å². The largest absolute Gasteiger partial charge is 0.319 e. The van der Waals surface area contributed by atoms with Crippen molar-refractivity contribution in [2.24, 2.45) is 10.2 Å². The molecule has 6 nitrogen and oxygen atoms in total. The van der Waals surface area contributed by atoms with E-state index in [1.54, 1.807) is 0 Å². The second-order valence-corrected chi connectivity index (χ2v) is 11.1. The highest BCUT2D eigenvalue weighted by Gasteiger charge is 2.02. The first-order chi connectivity index (χ1) is 18.7. The molecule has 8 heteroatoms. The third kappa shape index (κ3) is 11.0. The van der Waals surface area contributed by atoms with Gasteiger partial charge in [0.2, 0.25) is 0 Å². The molecule has 38 heavy (non-hydrogen) atoms. The van der Waals surface area contributed by atoms with Crippen LogP contribution in [0.5, 0.6) is 0 Å². The van der Waals surface area contributed by atoms with Crippen molar-refractivity contribution in [3.63, 3.8) is 0 Å². The summed E-state index contributed by atoms with van der Waals surface area (Å²) in [4.78, 5) is 0. The number of hydrogen-bond acceptors (Lipinski definition) is 6. The molecule has 0 radical (unpaired) electrons. The summed E-state index contributed by atoms with van der Waals surface area (Å²) in [5.41, 5.74) is 4.31. The molecule has 3 aromatic rings. The van der Waals surface area contributed by atoms with Crippen molar-refractivity contribution in [2.45, 2.75) is 13.5 Å². The SMILES string of the molecule is C/C=C(\C=C/[NH2+]CCSSCC[n+]1ccc(/C=N/N(C)c2ccccc2)cc1)/C=N/N(C)c1ccccc1. The number of benzene rings is 2. The van der Waals surface area contributed by atoms with Gasteiger partial charge in [0, 0.05) is 31.8 Å². The number of nitrogens with zero attached hydrogens (tertiary/aromatic N) is 5. The Bertz CT molecular complexity index is 1180. The summed E-state index contributed by atoms with van der Waals surface area (Å²) < 4.78 is 2.22. The van der Waals surface area contributed by atoms with Crippen LogP contribution in [0, 0.1) is 0 Å². The predicted molar refractivity (Wildman–Crippen MR) is 167 cm³/mol. The Hall–Kier alpha value is -3.33. The zero-order valence-corrected chi connectivity index (χ0v) is 24.1. The summed E-state index contributed by atoms with van der Waals surface area (Å²) in [6.45, 7) is 4.07. The molecular formula is C30H38N6S2+2. The molecule has 1 aromatic heterocycles. The van der Waals surface area contributed by atoms with E-state index in [0.717, 1.165) is 47.1 Å². The number of nitrogens with two attached hydrogens (primary N) is 1. The Morgan fingerprint density at radius 2 is 1.45 bits per heavy atom. The lowest BCUT2D eigenvalue weighted by atomic mass is 10.3. The van der Waals surface area contributed by atoms with Gasteiger partial charge in [-0.2, -0.15) is 10.2 Å². The van der Waals surface area contributed by atoms with E-state index >= 15 is 0 Å². The Morgan fingerprint density at radius 1 is 0.842 bits per heavy atom. The molecule has 198 valence electrons. The average Bonchev–Trinajstić information content (AvgIpc) is 2.97. The fourth-order valence-corrected chi connectivity index (χ4v) is 5.27. The fourth-order valence-electron chi connectivity index (χ4n) is 3.30. The Kier molecular flexibility index (Phi) is 13.3. The zero-order chi connectivity index (χ0) is 26.8. The number of hydrogen-bond donors (Lipinski definition) is 1. The molecule has 0 aliphatic heterocycles. The normalized spacial score (nSPS) is 12.1. The molecule has 2 N–H and O–H groups in total. The van der Waals surface area contributed by atoms with Gasteiger partial charge in [-0.3, -0.25) is 10.0 Å². The summed E-state index contributed by atoms with van der Waals surface area (Å²) in [7, 11) is 7.76. The molecule has 0 bridgehead atoms. The number of hydrazone groups is 2. The molecule has 1 heterocycles. The lowest BCUT2D eigenvalue weighted by molar-refractivity contribution is -0.692. The van der Waals surface area contributed by atoms with Crippen molar-refractivity contribution in [2.75, 3.05) is 42.2 Å². The number of rotatable bonds is 15. The Morgan fingerprint density at radius 3 is 2.08 bits per heavy atom. The van der Waals surface area contributed by atoms with Gasteiger partial charge >= 0.3 is 0 Å². The number of quaternary nitrogens is 1. The van der Waals surface area contributed by atoms with Crippen molar-refractivity contribution >= 4 is 45.4 Å². The number of aromatic nitrogens is 1. The van der Waals surface area contributed by atoms with E-state index in [1.807, 2.05) is 126 Å². The highest BCUT2D eigenvalue weighted by atomic mass is 33.1. The molecule has 0 saturated heterocycles. The lowest BCUT2D eigenvalue weighted by Crippen LogP contribution is -2.78. The first-order valence-corrected chi connectivity index (χ1v) is 15.2. The van der Waals surface area contributed by atoms with E-state index in [4.69, 9.17) is 0 Å². The standard InChI is InChI=1S/C30H37N6S2/c1-4-27(25-32-34(2)29-11-7-5-8-12-29)15-18-31-19-23-37-38-24-22-36-20-16-28(17-21-36)26-33-35(3)30-13-9-6-10-14-30/h4-18,20-21,25-26,31H,19,22-24H2,1-3H3/q+1/p+1/b18-15-,27-4+,32-25+. The minimum absolute atomic E-state index is 0.990. The van der Waals surface area contributed by atoms with Gasteiger partial charge in [-0.25, -0.2) is 4.57 Å². The fraction of sp³-hybridized carbons (Fsp3) is 0.233. The van der Waals surface area contributed by atoms with Crippen molar-refractivity contribution in [3.8, 4) is 0 Å². The maximum atomic E-state index is 4.53. The van der Waals surface area contributed by atoms with Crippen LogP contribution >= 0.6 is 21.6 Å². The van der Waals surface area contributed by atoms with E-state index < -0.39 is 0 Å². The molecule has 3 rings (SSSR count). The van der Waals surface area contributed by atoms with Crippen LogP contribution in [-0.2, 0) is 6.54 Å². The summed E-state index contributed by atoms with van der Waals surface area (Å²) >= 11 is 0. The van der Waals surface area contributed by atoms with Gasteiger partial charge in [0.15, 0.2) is 18.9 Å². The van der Waals surface area contributed by atoms with Crippen LogP contribution in [0.2, 0.25) is 0 Å². The van der Waals surface area contributed by atoms with Crippen molar-refractivity contribution in [1.82, 2.24) is 0 Å². The van der Waals surface area contributed by atoms with Gasteiger partial charge in [-0.1, -0.05) is 64.1 Å². The van der Waals surface area contributed by atoms with Crippen LogP contribution < -0.4 is 19.9 Å². The third-order valence-electron chi connectivity index (χ3n) is 5.58. The Balaban J connectivity index is 1.26. The Labute approximate surface area is 235 Å². The van der Waals surface area contributed by atoms with Gasteiger partial charge in [0.1, 0.15) is 0 Å². The smallest absolute Gasteiger partial charge is 0.169 e. The topological polar surface area (TPSA) is 51.7 Å². The molecule has 0 saturated carbocycles. The van der Waals surface area contributed by atoms with E-state index in [2.05, 4.69) is 63.0 Å². The van der Waals surface area contributed by atoms with Crippen LogP contribution in [0.1, 0.15) is 12.5 Å². The van der Waals surface area contributed by atoms with E-state index in [1.165, 1.54) is 0 Å². The molecule has 0 unspecified atom stereocenters. The molecule has 0 fully saturated rings. The van der Waals surface area contributed by atoms with Crippen molar-refractivity contribution in [1.29, 1.82) is 0 Å². The van der Waals surface area contributed by atoms with Crippen LogP contribution in [0.15, 0.2) is 119 Å². The van der Waals surface area contributed by atoms with Crippen molar-refractivity contribution < 1.29 is 9.88 Å². The summed E-state index contributed by atoms with van der Waals surface area (Å²) in [5, 5.41) is 15.0. The monoisotopic (exact) mass is 546 g/mol. The maximum absolute atomic E-state index is 4.53. The number of para-hydroxylation sites is 2. The molecule has 0 atom stereocenters. The summed E-state index contributed by atoms with van der Waals surface area (Å²) in [6, 6.07) is 24.5. The third-order valence-corrected chi connectivity index (χ3v) is 8.00. The molecule has 0 amide bonds. The van der Waals surface area contributed by atoms with Gasteiger partial charge in [0.05, 0.1) is 48.1 Å². The van der Waals surface area contributed by atoms with Crippen LogP contribution in [0.4, 0.5) is 11.4 Å². The van der Waals surface area contributed by atoms with Gasteiger partial charge in [-0.15, -0.1) is 0 Å². The van der Waals surface area contributed by atoms with Crippen LogP contribution in [0.3, 0.4) is 0 Å². The van der Waals surface area contributed by atoms with Crippen LogP contribution in [0.25, 0.3) is 0 Å². The predicted octanol–water partition coefficient (Wildman–Crippen LogP) is 4.97. The molecule has 2 aromatic carbocycles. The minimum atomic E-state index is 0.990. The first-order valence-electron chi connectivity index (χ1n) is 12.7. The molecule has 0 aliphatic carbocycles. The highest BCUT2D eigenvalue weighted by molar-refractivity contribution is 8.76. The molecular weight excluding hydrogens is 509 g/mol. The highest BCUT2D eigenvalue weighted by Crippen LogP contribution is 2.19. The molecule has 0 spiro atoms. The zero-order valence-electron chi connectivity index (χ0n) is 22.4. The van der Waals surface area contributed by atoms with E-state index in [0.29, 0.717) is 0 Å². The van der Waals surface area contributed by atoms with E-state index in [-0.39, 0.29) is 0 Å². The first kappa shape index (κ1) is 29.2. The average molecular weight is 547 g/mol. The van der Waals surface area contributed by atoms with Gasteiger partial charge in [0.25, 0.3) is 0 Å². The molecule has 0 aliphatic rings. The van der Waals surface area contributed by atoms with Crippen LogP contribution in [-0.4, -0.2) is 44.6 Å². The number of anilines is 2. The summed E-state index contributed by atoms with van der Waals surface area (Å²) in [6.07, 6.45) is 14.3. The number of aryl methyl sites for hydroxylation is 1. The maximum Gasteiger partial charge on any atom is 0.169 e. The van der Waals surface area contributed by atoms with Crippen molar-refractivity contribution in [3.05, 3.63) is 115 Å². The quantitative estimate of drug-likeness (QED) is 0.0730. The lowest BCUT2D eigenvalue weighted by Gasteiger charge is -2.12. The van der Waals surface area contributed by atoms with Gasteiger partial charge < -0.3 is 5.32 Å². The number of allylic oxidation sites excluding steroid dienone is 3. The second kappa shape index (κ2) is 17.2. The minimum Gasteiger partial charge on any atom is -0.319 e. The second-order valence-electron chi connectivity index (χ2n) is 8.39. The summed E-state index contributed by atoms with van der Waals surface area (Å²) in [5.74, 6) is 2.17. The number of pyridine rings is 1. The van der Waals surface area contributed by atoms with E-state index in [9.17, 15) is 0 Å².